The molecular formula is C20H11Cl3F8N4O2. The number of amides is 1. The SMILES string of the molecule is Cn1nc(C(F)(F)C(F)(F)F)c(C(F)(F)F)c1-c1cc(-c2ccc(Cl)c(C(=O)NCC=C(Cl)Cl)c2)on1. The number of nitrogens with zero attached hydrogens (tertiary/aromatic N) is 3. The minimum Gasteiger partial charge on any atom is -0.356 e. The molecule has 2 aromatic heterocycles. The smallest absolute Gasteiger partial charge is 0.356 e. The highest BCUT2D eigenvalue weighted by Gasteiger charge is 2.64. The normalized spacial score (nSPS) is 12.5. The van der Waals surface area contributed by atoms with Crippen LogP contribution in [0.3, 0.4) is 0 Å². The highest BCUT2D eigenvalue weighted by Crippen LogP contribution is 2.50. The zero-order valence-electron chi connectivity index (χ0n) is 17.9. The van der Waals surface area contributed by atoms with Crippen molar-refractivity contribution in [3.05, 3.63) is 56.7 Å². The second-order valence-corrected chi connectivity index (χ2v) is 8.66. The molecule has 0 atom stereocenters. The quantitative estimate of drug-likeness (QED) is 0.307. The molecule has 2 heterocycles. The molecule has 0 saturated heterocycles. The standard InChI is InChI=1S/C20H11Cl3F8N4O2/c1-35-15(14(19(26,27)28)16(33-35)18(24,25)20(29,30)31)11-7-12(37-34-11)8-2-3-10(21)9(6-8)17(36)32-5-4-13(22)23/h2-4,6-7H,5H2,1H3,(H,32,36). The first-order valence-corrected chi connectivity index (χ1v) is 10.7. The summed E-state index contributed by atoms with van der Waals surface area (Å²) in [5, 5.41) is 8.61. The second-order valence-electron chi connectivity index (χ2n) is 7.24. The lowest BCUT2D eigenvalue weighted by atomic mass is 10.0. The van der Waals surface area contributed by atoms with Gasteiger partial charge < -0.3 is 9.84 Å². The fourth-order valence-electron chi connectivity index (χ4n) is 3.13. The van der Waals surface area contributed by atoms with Crippen molar-refractivity contribution in [2.45, 2.75) is 18.3 Å². The zero-order valence-corrected chi connectivity index (χ0v) is 20.2. The number of carbonyl (C=O) groups is 1. The molecule has 0 aliphatic rings. The van der Waals surface area contributed by atoms with Gasteiger partial charge in [-0.1, -0.05) is 40.0 Å². The minimum absolute atomic E-state index is 0.0213. The lowest BCUT2D eigenvalue weighted by Gasteiger charge is -2.19. The molecule has 0 unspecified atom stereocenters. The van der Waals surface area contributed by atoms with E-state index in [0.29, 0.717) is 0 Å². The Balaban J connectivity index is 2.07. The maximum absolute atomic E-state index is 13.9. The molecule has 1 N–H and O–H groups in total. The molecule has 0 radical (unpaired) electrons. The fraction of sp³-hybridized carbons (Fsp3) is 0.250. The van der Waals surface area contributed by atoms with Crippen LogP contribution in [0.5, 0.6) is 0 Å². The fourth-order valence-corrected chi connectivity index (χ4v) is 3.49. The van der Waals surface area contributed by atoms with Crippen molar-refractivity contribution < 1.29 is 44.4 Å². The van der Waals surface area contributed by atoms with Gasteiger partial charge in [0, 0.05) is 25.2 Å². The third-order valence-corrected chi connectivity index (χ3v) is 5.39. The molecular weight excluding hydrogens is 587 g/mol. The van der Waals surface area contributed by atoms with Crippen molar-refractivity contribution in [3.63, 3.8) is 0 Å². The maximum Gasteiger partial charge on any atom is 0.459 e. The van der Waals surface area contributed by atoms with Crippen LogP contribution in [-0.2, 0) is 19.1 Å². The van der Waals surface area contributed by atoms with Crippen LogP contribution in [0, 0.1) is 0 Å². The van der Waals surface area contributed by atoms with E-state index in [1.165, 1.54) is 24.3 Å². The van der Waals surface area contributed by atoms with Crippen LogP contribution < -0.4 is 5.32 Å². The Hall–Kier alpha value is -2.84. The van der Waals surface area contributed by atoms with Gasteiger partial charge in [0.05, 0.1) is 10.6 Å². The third kappa shape index (κ3) is 5.85. The average molecular weight is 598 g/mol. The number of hydrogen-bond donors (Lipinski definition) is 1. The van der Waals surface area contributed by atoms with E-state index in [2.05, 4.69) is 15.6 Å². The van der Waals surface area contributed by atoms with Crippen molar-refractivity contribution in [2.75, 3.05) is 6.54 Å². The van der Waals surface area contributed by atoms with Crippen LogP contribution in [0.15, 0.2) is 39.4 Å². The second kappa shape index (κ2) is 10.1. The molecule has 6 nitrogen and oxygen atoms in total. The van der Waals surface area contributed by atoms with Gasteiger partial charge in [-0.05, 0) is 24.3 Å². The van der Waals surface area contributed by atoms with Crippen LogP contribution in [0.25, 0.3) is 22.7 Å². The van der Waals surface area contributed by atoms with Crippen molar-refractivity contribution in [1.82, 2.24) is 20.3 Å². The van der Waals surface area contributed by atoms with E-state index in [1.807, 2.05) is 0 Å². The first-order valence-electron chi connectivity index (χ1n) is 9.60. The first kappa shape index (κ1) is 28.7. The summed E-state index contributed by atoms with van der Waals surface area (Å²) in [6, 6.07) is 4.59. The van der Waals surface area contributed by atoms with Crippen molar-refractivity contribution in [1.29, 1.82) is 0 Å². The molecule has 17 heteroatoms. The molecule has 0 aliphatic carbocycles. The third-order valence-electron chi connectivity index (χ3n) is 4.75. The van der Waals surface area contributed by atoms with Gasteiger partial charge in [-0.25, -0.2) is 0 Å². The molecule has 0 aliphatic heterocycles. The topological polar surface area (TPSA) is 73.0 Å². The number of aromatic nitrogens is 3. The summed E-state index contributed by atoms with van der Waals surface area (Å²) in [7, 11) is 0.737. The number of nitrogens with one attached hydrogen (secondary N) is 1. The lowest BCUT2D eigenvalue weighted by molar-refractivity contribution is -0.292. The molecule has 1 amide bonds. The van der Waals surface area contributed by atoms with E-state index >= 15 is 0 Å². The molecule has 1 aromatic carbocycles. The Labute approximate surface area is 216 Å². The Morgan fingerprint density at radius 2 is 1.76 bits per heavy atom. The van der Waals surface area contributed by atoms with E-state index < -0.39 is 46.8 Å². The summed E-state index contributed by atoms with van der Waals surface area (Å²) in [6.45, 7) is -0.0697. The van der Waals surface area contributed by atoms with Crippen molar-refractivity contribution in [3.8, 4) is 22.7 Å². The molecule has 0 spiro atoms. The van der Waals surface area contributed by atoms with E-state index in [4.69, 9.17) is 39.3 Å². The molecule has 3 aromatic rings. The van der Waals surface area contributed by atoms with Crippen LogP contribution in [0.4, 0.5) is 35.1 Å². The van der Waals surface area contributed by atoms with Crippen LogP contribution in [0.1, 0.15) is 21.6 Å². The Morgan fingerprint density at radius 3 is 2.32 bits per heavy atom. The van der Waals surface area contributed by atoms with Crippen LogP contribution >= 0.6 is 34.8 Å². The van der Waals surface area contributed by atoms with Gasteiger partial charge in [0.25, 0.3) is 5.91 Å². The molecule has 200 valence electrons. The Morgan fingerprint density at radius 1 is 1.11 bits per heavy atom. The highest BCUT2D eigenvalue weighted by molar-refractivity contribution is 6.55. The number of rotatable bonds is 6. The van der Waals surface area contributed by atoms with Gasteiger partial charge >= 0.3 is 18.3 Å². The Bertz CT molecular complexity index is 1360. The van der Waals surface area contributed by atoms with Crippen LogP contribution in [0.2, 0.25) is 5.02 Å². The summed E-state index contributed by atoms with van der Waals surface area (Å²) >= 11 is 16.9. The maximum atomic E-state index is 13.9. The predicted octanol–water partition coefficient (Wildman–Crippen LogP) is 7.12. The monoisotopic (exact) mass is 596 g/mol. The van der Waals surface area contributed by atoms with Gasteiger partial charge in [0.15, 0.2) is 11.5 Å². The van der Waals surface area contributed by atoms with Crippen LogP contribution in [-0.4, -0.2) is 33.6 Å². The van der Waals surface area contributed by atoms with Gasteiger partial charge in [-0.2, -0.15) is 40.2 Å². The van der Waals surface area contributed by atoms with E-state index in [-0.39, 0.29) is 37.6 Å². The highest BCUT2D eigenvalue weighted by atomic mass is 35.5. The summed E-state index contributed by atoms with van der Waals surface area (Å²) in [4.78, 5) is 12.4. The molecule has 0 bridgehead atoms. The average Bonchev–Trinajstić information content (AvgIpc) is 3.37. The minimum atomic E-state index is -6.35. The summed E-state index contributed by atoms with van der Waals surface area (Å²) in [5.74, 6) is -6.87. The van der Waals surface area contributed by atoms with E-state index in [1.54, 1.807) is 0 Å². The number of hydrogen-bond acceptors (Lipinski definition) is 4. The van der Waals surface area contributed by atoms with Gasteiger partial charge in [0.1, 0.15) is 21.4 Å². The molecule has 0 saturated carbocycles. The number of aryl methyl sites for hydroxylation is 1. The van der Waals surface area contributed by atoms with Gasteiger partial charge in [-0.3, -0.25) is 9.48 Å². The van der Waals surface area contributed by atoms with Gasteiger partial charge in [-0.15, -0.1) is 0 Å². The summed E-state index contributed by atoms with van der Waals surface area (Å²) in [5.41, 5.74) is -6.84. The summed E-state index contributed by atoms with van der Waals surface area (Å²) in [6.07, 6.45) is -10.7. The molecule has 0 fully saturated rings. The number of halogens is 11. The molecule has 3 rings (SSSR count). The van der Waals surface area contributed by atoms with Gasteiger partial charge in [0.2, 0.25) is 0 Å². The predicted molar refractivity (Wildman–Crippen MR) is 116 cm³/mol. The van der Waals surface area contributed by atoms with E-state index in [0.717, 1.165) is 13.1 Å². The first-order chi connectivity index (χ1) is 16.9. The van der Waals surface area contributed by atoms with Crippen molar-refractivity contribution in [2.24, 2.45) is 7.05 Å². The Kier molecular flexibility index (Phi) is 7.87. The van der Waals surface area contributed by atoms with E-state index in [9.17, 15) is 39.9 Å². The number of carbonyl (C=O) groups excluding carboxylic acids is 1. The van der Waals surface area contributed by atoms with Crippen molar-refractivity contribution >= 4 is 40.7 Å². The number of benzene rings is 1. The summed E-state index contributed by atoms with van der Waals surface area (Å²) < 4.78 is 113. The molecule has 37 heavy (non-hydrogen) atoms. The zero-order chi connectivity index (χ0) is 27.9. The number of alkyl halides is 8. The largest absolute Gasteiger partial charge is 0.459 e. The lowest BCUT2D eigenvalue weighted by Crippen LogP contribution is -2.36.